The first-order valence-electron chi connectivity index (χ1n) is 13.2. The van der Waals surface area contributed by atoms with Crippen LogP contribution in [0.4, 0.5) is 0 Å². The van der Waals surface area contributed by atoms with Gasteiger partial charge >= 0.3 is 8.80 Å². The number of unbranched alkanes of at least 4 members (excludes halogenated alkanes) is 13. The summed E-state index contributed by atoms with van der Waals surface area (Å²) >= 11 is 0. The standard InChI is InChI=1S/C25H54O3Si/c1-5-9-10-11-12-13-14-15-16-17-18-19-20-21-25-29(26-22-6-2,27-23-7-3)28-24-8-4/h5-25H2,1-4H3. The summed E-state index contributed by atoms with van der Waals surface area (Å²) in [6.07, 6.45) is 22.5. The Kier molecular flexibility index (Phi) is 22.9. The molecule has 0 amide bonds. The molecule has 0 rings (SSSR count). The third kappa shape index (κ3) is 18.6. The van der Waals surface area contributed by atoms with Gasteiger partial charge in [-0.05, 0) is 25.7 Å². The van der Waals surface area contributed by atoms with Gasteiger partial charge in [-0.3, -0.25) is 0 Å². The summed E-state index contributed by atoms with van der Waals surface area (Å²) < 4.78 is 18.6. The summed E-state index contributed by atoms with van der Waals surface area (Å²) in [5.41, 5.74) is 0. The van der Waals surface area contributed by atoms with E-state index < -0.39 is 8.80 Å². The zero-order valence-electron chi connectivity index (χ0n) is 20.6. The van der Waals surface area contributed by atoms with Crippen LogP contribution < -0.4 is 0 Å². The van der Waals surface area contributed by atoms with E-state index in [9.17, 15) is 0 Å². The minimum Gasteiger partial charge on any atom is -0.373 e. The predicted molar refractivity (Wildman–Crippen MR) is 130 cm³/mol. The van der Waals surface area contributed by atoms with E-state index >= 15 is 0 Å². The van der Waals surface area contributed by atoms with Gasteiger partial charge in [-0.15, -0.1) is 0 Å². The molecule has 0 aromatic rings. The Morgan fingerprint density at radius 1 is 0.379 bits per heavy atom. The Morgan fingerprint density at radius 3 is 1.00 bits per heavy atom. The van der Waals surface area contributed by atoms with Crippen LogP contribution in [0.3, 0.4) is 0 Å². The van der Waals surface area contributed by atoms with Crippen LogP contribution in [0.25, 0.3) is 0 Å². The lowest BCUT2D eigenvalue weighted by molar-refractivity contribution is 0.0586. The SMILES string of the molecule is CCCCCCCCCCCCCCCC[Si](OCCC)(OCCC)OCCC. The second-order valence-corrected chi connectivity index (χ2v) is 11.3. The van der Waals surface area contributed by atoms with Crippen molar-refractivity contribution in [3.05, 3.63) is 0 Å². The highest BCUT2D eigenvalue weighted by atomic mass is 28.4. The minimum absolute atomic E-state index is 0.762. The molecule has 0 aromatic carbocycles. The zero-order chi connectivity index (χ0) is 21.5. The monoisotopic (exact) mass is 430 g/mol. The maximum atomic E-state index is 6.19. The van der Waals surface area contributed by atoms with Gasteiger partial charge in [0.1, 0.15) is 0 Å². The van der Waals surface area contributed by atoms with Gasteiger partial charge in [-0.1, -0.05) is 111 Å². The van der Waals surface area contributed by atoms with Crippen molar-refractivity contribution in [3.8, 4) is 0 Å². The average Bonchev–Trinajstić information content (AvgIpc) is 2.74. The first kappa shape index (κ1) is 29.1. The minimum atomic E-state index is -2.46. The summed E-state index contributed by atoms with van der Waals surface area (Å²) in [7, 11) is -2.46. The number of hydrogen-bond acceptors (Lipinski definition) is 3. The molecule has 0 N–H and O–H groups in total. The van der Waals surface area contributed by atoms with E-state index in [4.69, 9.17) is 13.3 Å². The van der Waals surface area contributed by atoms with E-state index in [0.29, 0.717) is 0 Å². The van der Waals surface area contributed by atoms with Gasteiger partial charge in [-0.2, -0.15) is 0 Å². The maximum Gasteiger partial charge on any atom is 0.500 e. The highest BCUT2D eigenvalue weighted by molar-refractivity contribution is 6.60. The van der Waals surface area contributed by atoms with Gasteiger partial charge in [0.25, 0.3) is 0 Å². The van der Waals surface area contributed by atoms with Crippen molar-refractivity contribution in [2.24, 2.45) is 0 Å². The first-order chi connectivity index (χ1) is 14.2. The summed E-state index contributed by atoms with van der Waals surface area (Å²) in [6, 6.07) is 0.991. The van der Waals surface area contributed by atoms with Crippen LogP contribution in [0.2, 0.25) is 6.04 Å². The summed E-state index contributed by atoms with van der Waals surface area (Å²) in [4.78, 5) is 0. The predicted octanol–water partition coefficient (Wildman–Crippen LogP) is 8.69. The van der Waals surface area contributed by atoms with Gasteiger partial charge in [0, 0.05) is 25.9 Å². The molecule has 0 heterocycles. The van der Waals surface area contributed by atoms with Crippen molar-refractivity contribution in [1.29, 1.82) is 0 Å². The lowest BCUT2D eigenvalue weighted by atomic mass is 10.0. The van der Waals surface area contributed by atoms with E-state index in [-0.39, 0.29) is 0 Å². The molecule has 29 heavy (non-hydrogen) atoms. The van der Waals surface area contributed by atoms with Crippen molar-refractivity contribution < 1.29 is 13.3 Å². The number of rotatable bonds is 24. The third-order valence-electron chi connectivity index (χ3n) is 5.41. The Labute approximate surface area is 185 Å². The lowest BCUT2D eigenvalue weighted by Gasteiger charge is -2.29. The lowest BCUT2D eigenvalue weighted by Crippen LogP contribution is -2.46. The van der Waals surface area contributed by atoms with Crippen LogP contribution in [-0.2, 0) is 13.3 Å². The molecule has 0 radical (unpaired) electrons. The van der Waals surface area contributed by atoms with Gasteiger partial charge < -0.3 is 13.3 Å². The van der Waals surface area contributed by atoms with Gasteiger partial charge in [0.15, 0.2) is 0 Å². The highest BCUT2D eigenvalue weighted by Crippen LogP contribution is 2.22. The Bertz CT molecular complexity index is 291. The molecule has 0 saturated heterocycles. The van der Waals surface area contributed by atoms with Crippen molar-refractivity contribution in [2.75, 3.05) is 19.8 Å². The van der Waals surface area contributed by atoms with Crippen molar-refractivity contribution in [1.82, 2.24) is 0 Å². The summed E-state index contributed by atoms with van der Waals surface area (Å²) in [6.45, 7) is 11.1. The fraction of sp³-hybridized carbons (Fsp3) is 1.00. The second kappa shape index (κ2) is 22.8. The molecule has 0 aromatic heterocycles. The van der Waals surface area contributed by atoms with Crippen molar-refractivity contribution in [3.63, 3.8) is 0 Å². The Balaban J connectivity index is 3.79. The number of hydrogen-bond donors (Lipinski definition) is 0. The molecule has 0 aliphatic rings. The molecular weight excluding hydrogens is 376 g/mol. The normalized spacial score (nSPS) is 12.0. The van der Waals surface area contributed by atoms with E-state index in [1.807, 2.05) is 0 Å². The fourth-order valence-corrected chi connectivity index (χ4v) is 6.56. The van der Waals surface area contributed by atoms with Crippen LogP contribution in [0.1, 0.15) is 137 Å². The molecule has 0 aliphatic carbocycles. The fourth-order valence-electron chi connectivity index (χ4n) is 3.65. The van der Waals surface area contributed by atoms with E-state index in [1.54, 1.807) is 0 Å². The molecule has 0 atom stereocenters. The van der Waals surface area contributed by atoms with Gasteiger partial charge in [0.05, 0.1) is 0 Å². The molecule has 0 unspecified atom stereocenters. The smallest absolute Gasteiger partial charge is 0.373 e. The molecular formula is C25H54O3Si. The van der Waals surface area contributed by atoms with Gasteiger partial charge in [0.2, 0.25) is 0 Å². The van der Waals surface area contributed by atoms with Crippen LogP contribution >= 0.6 is 0 Å². The topological polar surface area (TPSA) is 27.7 Å². The van der Waals surface area contributed by atoms with Crippen LogP contribution in [-0.4, -0.2) is 28.6 Å². The Hall–Kier alpha value is 0.0969. The second-order valence-electron chi connectivity index (χ2n) is 8.57. The van der Waals surface area contributed by atoms with Gasteiger partial charge in [-0.25, -0.2) is 0 Å². The van der Waals surface area contributed by atoms with Crippen LogP contribution in [0, 0.1) is 0 Å². The summed E-state index contributed by atoms with van der Waals surface area (Å²) in [5.74, 6) is 0. The molecule has 0 bridgehead atoms. The molecule has 0 spiro atoms. The van der Waals surface area contributed by atoms with Crippen molar-refractivity contribution in [2.45, 2.75) is 143 Å². The molecule has 0 fully saturated rings. The molecule has 4 heteroatoms. The quantitative estimate of drug-likeness (QED) is 0.113. The molecule has 176 valence electrons. The van der Waals surface area contributed by atoms with Crippen LogP contribution in [0.15, 0.2) is 0 Å². The largest absolute Gasteiger partial charge is 0.500 e. The van der Waals surface area contributed by atoms with E-state index in [1.165, 1.54) is 89.9 Å². The first-order valence-corrected chi connectivity index (χ1v) is 15.1. The third-order valence-corrected chi connectivity index (χ3v) is 8.31. The molecule has 0 aliphatic heterocycles. The van der Waals surface area contributed by atoms with Crippen LogP contribution in [0.5, 0.6) is 0 Å². The average molecular weight is 431 g/mol. The maximum absolute atomic E-state index is 6.19. The van der Waals surface area contributed by atoms with Crippen molar-refractivity contribution >= 4 is 8.80 Å². The zero-order valence-corrected chi connectivity index (χ0v) is 21.6. The summed E-state index contributed by atoms with van der Waals surface area (Å²) in [5, 5.41) is 0. The molecule has 3 nitrogen and oxygen atoms in total. The van der Waals surface area contributed by atoms with E-state index in [0.717, 1.165) is 45.1 Å². The Morgan fingerprint density at radius 2 is 0.690 bits per heavy atom. The highest BCUT2D eigenvalue weighted by Gasteiger charge is 2.40. The van der Waals surface area contributed by atoms with E-state index in [2.05, 4.69) is 27.7 Å². The molecule has 0 saturated carbocycles.